The highest BCUT2D eigenvalue weighted by Crippen LogP contribution is 2.27. The highest BCUT2D eigenvalue weighted by molar-refractivity contribution is 6.17. The molecule has 2 aromatic heterocycles. The lowest BCUT2D eigenvalue weighted by Crippen LogP contribution is -2.07. The van der Waals surface area contributed by atoms with Gasteiger partial charge in [0.15, 0.2) is 5.65 Å². The van der Waals surface area contributed by atoms with Crippen molar-refractivity contribution in [3.63, 3.8) is 0 Å². The van der Waals surface area contributed by atoms with Crippen LogP contribution in [0.2, 0.25) is 0 Å². The molecule has 1 aromatic carbocycles. The summed E-state index contributed by atoms with van der Waals surface area (Å²) >= 11 is 6.05. The van der Waals surface area contributed by atoms with Crippen molar-refractivity contribution < 1.29 is 4.39 Å². The molecule has 4 nitrogen and oxygen atoms in total. The van der Waals surface area contributed by atoms with Crippen molar-refractivity contribution in [2.75, 3.05) is 0 Å². The first-order valence-corrected chi connectivity index (χ1v) is 7.37. The van der Waals surface area contributed by atoms with Gasteiger partial charge in [-0.1, -0.05) is 0 Å². The summed E-state index contributed by atoms with van der Waals surface area (Å²) in [4.78, 5) is 4.59. The number of halogens is 2. The van der Waals surface area contributed by atoms with Crippen molar-refractivity contribution in [2.24, 2.45) is 0 Å². The third-order valence-corrected chi connectivity index (χ3v) is 3.84. The van der Waals surface area contributed by atoms with E-state index in [1.54, 1.807) is 6.07 Å². The summed E-state index contributed by atoms with van der Waals surface area (Å²) < 4.78 is 17.2. The fourth-order valence-corrected chi connectivity index (χ4v) is 2.83. The number of rotatable bonds is 3. The second kappa shape index (κ2) is 5.15. The minimum atomic E-state index is -0.250. The van der Waals surface area contributed by atoms with E-state index < -0.39 is 0 Å². The quantitative estimate of drug-likeness (QED) is 0.691. The molecule has 0 radical (unpaired) electrons. The summed E-state index contributed by atoms with van der Waals surface area (Å²) in [5.74, 6) is 0.776. The van der Waals surface area contributed by atoms with Gasteiger partial charge in [-0.05, 0) is 44.5 Å². The van der Waals surface area contributed by atoms with Crippen LogP contribution in [0, 0.1) is 19.7 Å². The summed E-state index contributed by atoms with van der Waals surface area (Å²) in [6, 6.07) is 4.72. The maximum absolute atomic E-state index is 13.4. The third kappa shape index (κ3) is 2.12. The Bertz CT molecular complexity index is 819. The Morgan fingerprint density at radius 2 is 2.05 bits per heavy atom. The first-order valence-electron chi connectivity index (χ1n) is 6.84. The molecule has 3 rings (SSSR count). The van der Waals surface area contributed by atoms with Crippen LogP contribution in [0.5, 0.6) is 0 Å². The standard InChI is InChI=1S/C15H16ClFN4/c1-4-20-15-14(10(3)19-20)18-13(8-16)21(15)12-6-5-11(17)7-9(12)2/h5-7H,4,8H2,1-3H3. The van der Waals surface area contributed by atoms with Crippen molar-refractivity contribution in [3.8, 4) is 5.69 Å². The van der Waals surface area contributed by atoms with Crippen LogP contribution < -0.4 is 0 Å². The first kappa shape index (κ1) is 14.1. The van der Waals surface area contributed by atoms with E-state index in [1.165, 1.54) is 12.1 Å². The lowest BCUT2D eigenvalue weighted by Gasteiger charge is -2.12. The molecule has 0 saturated carbocycles. The number of alkyl halides is 1. The van der Waals surface area contributed by atoms with Crippen LogP contribution >= 0.6 is 11.6 Å². The Hall–Kier alpha value is -1.88. The van der Waals surface area contributed by atoms with Crippen LogP contribution in [0.25, 0.3) is 16.9 Å². The van der Waals surface area contributed by atoms with Crippen molar-refractivity contribution in [1.29, 1.82) is 0 Å². The third-order valence-electron chi connectivity index (χ3n) is 3.60. The topological polar surface area (TPSA) is 35.6 Å². The molecule has 0 atom stereocenters. The van der Waals surface area contributed by atoms with Gasteiger partial charge in [-0.2, -0.15) is 5.10 Å². The zero-order valence-electron chi connectivity index (χ0n) is 12.2. The number of nitrogens with zero attached hydrogens (tertiary/aromatic N) is 4. The van der Waals surface area contributed by atoms with Crippen LogP contribution in [0.4, 0.5) is 4.39 Å². The van der Waals surface area contributed by atoms with E-state index in [9.17, 15) is 4.39 Å². The first-order chi connectivity index (χ1) is 10.1. The summed E-state index contributed by atoms with van der Waals surface area (Å²) in [7, 11) is 0. The minimum absolute atomic E-state index is 0.250. The summed E-state index contributed by atoms with van der Waals surface area (Å²) in [6.07, 6.45) is 0. The molecule has 6 heteroatoms. The van der Waals surface area contributed by atoms with Crippen molar-refractivity contribution in [2.45, 2.75) is 33.2 Å². The Labute approximate surface area is 127 Å². The molecule has 0 aliphatic heterocycles. The van der Waals surface area contributed by atoms with Gasteiger partial charge in [-0.25, -0.2) is 14.1 Å². The van der Waals surface area contributed by atoms with Gasteiger partial charge in [0.2, 0.25) is 0 Å². The fraction of sp³-hybridized carbons (Fsp3) is 0.333. The molecule has 0 bridgehead atoms. The number of aryl methyl sites for hydroxylation is 3. The Morgan fingerprint density at radius 3 is 2.67 bits per heavy atom. The number of hydrogen-bond donors (Lipinski definition) is 0. The summed E-state index contributed by atoms with van der Waals surface area (Å²) in [6.45, 7) is 6.57. The maximum Gasteiger partial charge on any atom is 0.163 e. The van der Waals surface area contributed by atoms with Crippen LogP contribution in [0.3, 0.4) is 0 Å². The summed E-state index contributed by atoms with van der Waals surface area (Å²) in [5.41, 5.74) is 4.33. The van der Waals surface area contributed by atoms with E-state index in [4.69, 9.17) is 11.6 Å². The van der Waals surface area contributed by atoms with Crippen LogP contribution in [0.15, 0.2) is 18.2 Å². The van der Waals surface area contributed by atoms with Gasteiger partial charge in [0.1, 0.15) is 17.2 Å². The highest BCUT2D eigenvalue weighted by Gasteiger charge is 2.19. The van der Waals surface area contributed by atoms with Crippen LogP contribution in [-0.4, -0.2) is 19.3 Å². The van der Waals surface area contributed by atoms with Gasteiger partial charge in [0.05, 0.1) is 17.3 Å². The predicted octanol–water partition coefficient (Wildman–Crippen LogP) is 3.74. The Kier molecular flexibility index (Phi) is 3.45. The highest BCUT2D eigenvalue weighted by atomic mass is 35.5. The molecule has 3 aromatic rings. The second-order valence-electron chi connectivity index (χ2n) is 5.00. The second-order valence-corrected chi connectivity index (χ2v) is 5.27. The summed E-state index contributed by atoms with van der Waals surface area (Å²) in [5, 5.41) is 4.49. The van der Waals surface area contributed by atoms with Crippen molar-refractivity contribution >= 4 is 22.8 Å². The van der Waals surface area contributed by atoms with E-state index in [0.29, 0.717) is 0 Å². The average molecular weight is 307 g/mol. The molecule has 0 fully saturated rings. The molecule has 0 N–H and O–H groups in total. The normalized spacial score (nSPS) is 11.5. The zero-order chi connectivity index (χ0) is 15.1. The number of imidazole rings is 1. The molecule has 0 saturated heterocycles. The van der Waals surface area contributed by atoms with Crippen LogP contribution in [-0.2, 0) is 12.4 Å². The molecular weight excluding hydrogens is 291 g/mol. The molecule has 0 unspecified atom stereocenters. The Balaban J connectivity index is 2.39. The number of fused-ring (bicyclic) bond motifs is 1. The van der Waals surface area contributed by atoms with E-state index in [0.717, 1.165) is 40.5 Å². The van der Waals surface area contributed by atoms with Gasteiger partial charge in [0, 0.05) is 6.54 Å². The van der Waals surface area contributed by atoms with Gasteiger partial charge >= 0.3 is 0 Å². The average Bonchev–Trinajstić information content (AvgIpc) is 2.97. The van der Waals surface area contributed by atoms with E-state index in [-0.39, 0.29) is 11.7 Å². The van der Waals surface area contributed by atoms with Crippen LogP contribution in [0.1, 0.15) is 24.0 Å². The SMILES string of the molecule is CCn1nc(C)c2nc(CCl)n(-c3ccc(F)cc3C)c21. The monoisotopic (exact) mass is 306 g/mol. The molecule has 0 aliphatic carbocycles. The van der Waals surface area contributed by atoms with Gasteiger partial charge in [-0.15, -0.1) is 11.6 Å². The molecular formula is C15H16ClFN4. The van der Waals surface area contributed by atoms with Crippen molar-refractivity contribution in [3.05, 3.63) is 41.1 Å². The van der Waals surface area contributed by atoms with E-state index >= 15 is 0 Å². The number of benzene rings is 1. The smallest absolute Gasteiger partial charge is 0.163 e. The van der Waals surface area contributed by atoms with Gasteiger partial charge < -0.3 is 0 Å². The largest absolute Gasteiger partial charge is 0.280 e. The lowest BCUT2D eigenvalue weighted by molar-refractivity contribution is 0.625. The number of hydrogen-bond acceptors (Lipinski definition) is 2. The predicted molar refractivity (Wildman–Crippen MR) is 81.5 cm³/mol. The maximum atomic E-state index is 13.4. The van der Waals surface area contributed by atoms with E-state index in [2.05, 4.69) is 10.1 Å². The lowest BCUT2D eigenvalue weighted by atomic mass is 10.2. The van der Waals surface area contributed by atoms with Gasteiger partial charge in [0.25, 0.3) is 0 Å². The molecule has 21 heavy (non-hydrogen) atoms. The molecule has 2 heterocycles. The molecule has 110 valence electrons. The molecule has 0 aliphatic rings. The fourth-order valence-electron chi connectivity index (χ4n) is 2.65. The zero-order valence-corrected chi connectivity index (χ0v) is 12.9. The Morgan fingerprint density at radius 1 is 1.29 bits per heavy atom. The number of aromatic nitrogens is 4. The van der Waals surface area contributed by atoms with Gasteiger partial charge in [-0.3, -0.25) is 4.57 Å². The van der Waals surface area contributed by atoms with E-state index in [1.807, 2.05) is 30.0 Å². The van der Waals surface area contributed by atoms with Crippen molar-refractivity contribution in [1.82, 2.24) is 19.3 Å². The molecule has 0 amide bonds. The molecule has 0 spiro atoms. The minimum Gasteiger partial charge on any atom is -0.280 e.